The van der Waals surface area contributed by atoms with Crippen molar-refractivity contribution in [1.29, 1.82) is 0 Å². The first-order valence-corrected chi connectivity index (χ1v) is 5.94. The zero-order valence-electron chi connectivity index (χ0n) is 10.0. The van der Waals surface area contributed by atoms with Gasteiger partial charge >= 0.3 is 0 Å². The number of hydrogen-bond acceptors (Lipinski definition) is 3. The second-order valence-electron chi connectivity index (χ2n) is 5.07. The first-order chi connectivity index (χ1) is 7.59. The fourth-order valence-corrected chi connectivity index (χ4v) is 3.11. The molecule has 0 radical (unpaired) electrons. The molecular weight excluding hydrogens is 202 g/mol. The van der Waals surface area contributed by atoms with Crippen LogP contribution in [-0.2, 0) is 6.42 Å². The molecule has 1 fully saturated rings. The molecule has 3 nitrogen and oxygen atoms in total. The van der Waals surface area contributed by atoms with Crippen molar-refractivity contribution < 1.29 is 4.42 Å². The van der Waals surface area contributed by atoms with E-state index in [1.807, 2.05) is 13.8 Å². The van der Waals surface area contributed by atoms with Crippen LogP contribution in [-0.4, -0.2) is 18.0 Å². The zero-order chi connectivity index (χ0) is 11.4. The van der Waals surface area contributed by atoms with Crippen LogP contribution in [0.4, 0.5) is 0 Å². The maximum absolute atomic E-state index is 12.3. The molecule has 3 heteroatoms. The number of nitrogens with zero attached hydrogens (tertiary/aromatic N) is 1. The van der Waals surface area contributed by atoms with Gasteiger partial charge in [0.05, 0.1) is 5.56 Å². The van der Waals surface area contributed by atoms with E-state index in [1.54, 1.807) is 0 Å². The molecule has 1 aromatic rings. The van der Waals surface area contributed by atoms with Crippen molar-refractivity contribution in [2.24, 2.45) is 0 Å². The predicted molar refractivity (Wildman–Crippen MR) is 61.7 cm³/mol. The number of fused-ring (bicyclic) bond motifs is 4. The Bertz CT molecular complexity index is 503. The minimum atomic E-state index is 0.205. The summed E-state index contributed by atoms with van der Waals surface area (Å²) in [5.74, 6) is 1.73. The smallest absolute Gasteiger partial charge is 0.193 e. The average Bonchev–Trinajstić information content (AvgIpc) is 2.51. The van der Waals surface area contributed by atoms with Crippen LogP contribution < -0.4 is 5.43 Å². The first-order valence-electron chi connectivity index (χ1n) is 5.94. The summed E-state index contributed by atoms with van der Waals surface area (Å²) in [6.07, 6.45) is 3.18. The van der Waals surface area contributed by atoms with Crippen LogP contribution in [0.2, 0.25) is 0 Å². The summed E-state index contributed by atoms with van der Waals surface area (Å²) in [7, 11) is 2.12. The molecule has 0 aromatic carbocycles. The molecule has 0 unspecified atom stereocenters. The van der Waals surface area contributed by atoms with Crippen molar-refractivity contribution in [3.63, 3.8) is 0 Å². The molecule has 2 aliphatic heterocycles. The molecule has 0 aliphatic carbocycles. The van der Waals surface area contributed by atoms with E-state index >= 15 is 0 Å². The molecule has 1 saturated heterocycles. The number of hydrogen-bond donors (Lipinski definition) is 0. The summed E-state index contributed by atoms with van der Waals surface area (Å²) in [4.78, 5) is 14.6. The lowest BCUT2D eigenvalue weighted by Crippen LogP contribution is -2.37. The molecule has 2 bridgehead atoms. The SMILES string of the molecule is Cc1oc2c(c(=O)c1C)[C@H]1CC[C@@H](C2)N1C. The fraction of sp³-hybridized carbons (Fsp3) is 0.615. The summed E-state index contributed by atoms with van der Waals surface area (Å²) < 4.78 is 5.81. The monoisotopic (exact) mass is 219 g/mol. The Hall–Kier alpha value is -1.09. The molecule has 2 atom stereocenters. The van der Waals surface area contributed by atoms with Gasteiger partial charge in [0, 0.05) is 24.1 Å². The Morgan fingerprint density at radius 2 is 2.06 bits per heavy atom. The summed E-state index contributed by atoms with van der Waals surface area (Å²) in [5, 5.41) is 0. The van der Waals surface area contributed by atoms with E-state index < -0.39 is 0 Å². The van der Waals surface area contributed by atoms with Crippen LogP contribution in [0.15, 0.2) is 9.21 Å². The van der Waals surface area contributed by atoms with E-state index in [4.69, 9.17) is 4.42 Å². The van der Waals surface area contributed by atoms with Crippen molar-refractivity contribution in [3.05, 3.63) is 32.9 Å². The van der Waals surface area contributed by atoms with Crippen molar-refractivity contribution in [2.45, 2.75) is 45.2 Å². The van der Waals surface area contributed by atoms with Crippen LogP contribution in [0.3, 0.4) is 0 Å². The number of likely N-dealkylation sites (N-methyl/N-ethyl adjacent to an activating group) is 1. The highest BCUT2D eigenvalue weighted by molar-refractivity contribution is 5.33. The van der Waals surface area contributed by atoms with Crippen molar-refractivity contribution in [3.8, 4) is 0 Å². The lowest BCUT2D eigenvalue weighted by molar-refractivity contribution is 0.202. The van der Waals surface area contributed by atoms with E-state index in [0.717, 1.165) is 35.5 Å². The van der Waals surface area contributed by atoms with E-state index in [0.29, 0.717) is 12.1 Å². The van der Waals surface area contributed by atoms with Gasteiger partial charge in [0.15, 0.2) is 5.43 Å². The van der Waals surface area contributed by atoms with Gasteiger partial charge in [-0.15, -0.1) is 0 Å². The molecule has 3 heterocycles. The normalized spacial score (nSPS) is 28.2. The molecule has 2 aliphatic rings. The summed E-state index contributed by atoms with van der Waals surface area (Å²) in [6, 6.07) is 0.868. The molecule has 0 spiro atoms. The zero-order valence-corrected chi connectivity index (χ0v) is 10.0. The topological polar surface area (TPSA) is 33.5 Å². The Labute approximate surface area is 95.1 Å². The molecule has 86 valence electrons. The molecule has 16 heavy (non-hydrogen) atoms. The fourth-order valence-electron chi connectivity index (χ4n) is 3.11. The van der Waals surface area contributed by atoms with Crippen LogP contribution >= 0.6 is 0 Å². The maximum Gasteiger partial charge on any atom is 0.193 e. The third kappa shape index (κ3) is 1.15. The second kappa shape index (κ2) is 3.20. The van der Waals surface area contributed by atoms with Gasteiger partial charge in [-0.05, 0) is 33.7 Å². The molecule has 1 aromatic heterocycles. The van der Waals surface area contributed by atoms with Crippen molar-refractivity contribution in [1.82, 2.24) is 4.90 Å². The van der Waals surface area contributed by atoms with E-state index in [1.165, 1.54) is 6.42 Å². The molecule has 0 amide bonds. The van der Waals surface area contributed by atoms with Gasteiger partial charge in [-0.3, -0.25) is 9.69 Å². The van der Waals surface area contributed by atoms with Gasteiger partial charge < -0.3 is 4.42 Å². The van der Waals surface area contributed by atoms with Gasteiger partial charge in [-0.25, -0.2) is 0 Å². The summed E-state index contributed by atoms with van der Waals surface area (Å²) in [5.41, 5.74) is 1.91. The minimum Gasteiger partial charge on any atom is -0.465 e. The highest BCUT2D eigenvalue weighted by Crippen LogP contribution is 2.41. The largest absolute Gasteiger partial charge is 0.465 e. The first kappa shape index (κ1) is 10.1. The van der Waals surface area contributed by atoms with Gasteiger partial charge in [-0.1, -0.05) is 0 Å². The van der Waals surface area contributed by atoms with Crippen LogP contribution in [0.5, 0.6) is 0 Å². The molecule has 0 saturated carbocycles. The lowest BCUT2D eigenvalue weighted by Gasteiger charge is -2.31. The number of rotatable bonds is 0. The van der Waals surface area contributed by atoms with Gasteiger partial charge in [-0.2, -0.15) is 0 Å². The Morgan fingerprint density at radius 3 is 2.81 bits per heavy atom. The Morgan fingerprint density at radius 1 is 1.31 bits per heavy atom. The molecular formula is C13H17NO2. The van der Waals surface area contributed by atoms with Crippen LogP contribution in [0.25, 0.3) is 0 Å². The van der Waals surface area contributed by atoms with Gasteiger partial charge in [0.25, 0.3) is 0 Å². The number of aryl methyl sites for hydroxylation is 1. The lowest BCUT2D eigenvalue weighted by atomic mass is 9.97. The quantitative estimate of drug-likeness (QED) is 0.668. The minimum absolute atomic E-state index is 0.205. The van der Waals surface area contributed by atoms with E-state index in [9.17, 15) is 4.79 Å². The van der Waals surface area contributed by atoms with E-state index in [-0.39, 0.29) is 5.43 Å². The van der Waals surface area contributed by atoms with Gasteiger partial charge in [0.1, 0.15) is 11.5 Å². The third-order valence-electron chi connectivity index (χ3n) is 4.29. The second-order valence-corrected chi connectivity index (χ2v) is 5.07. The molecule has 0 N–H and O–H groups in total. The highest BCUT2D eigenvalue weighted by atomic mass is 16.3. The maximum atomic E-state index is 12.3. The Balaban J connectivity index is 2.26. The van der Waals surface area contributed by atoms with E-state index in [2.05, 4.69) is 11.9 Å². The summed E-state index contributed by atoms with van der Waals surface area (Å²) in [6.45, 7) is 3.75. The standard InChI is InChI=1S/C13H17NO2/c1-7-8(2)16-11-6-9-4-5-10(14(9)3)12(11)13(7)15/h9-10H,4-6H2,1-3H3/t9-,10+/m0/s1. The average molecular weight is 219 g/mol. The predicted octanol–water partition coefficient (Wildman–Crippen LogP) is 1.95. The third-order valence-corrected chi connectivity index (χ3v) is 4.29. The van der Waals surface area contributed by atoms with Crippen molar-refractivity contribution in [2.75, 3.05) is 7.05 Å². The van der Waals surface area contributed by atoms with Crippen LogP contribution in [0.1, 0.15) is 41.5 Å². The molecule has 3 rings (SSSR count). The summed E-state index contributed by atoms with van der Waals surface area (Å²) >= 11 is 0. The highest BCUT2D eigenvalue weighted by Gasteiger charge is 2.40. The van der Waals surface area contributed by atoms with Gasteiger partial charge in [0.2, 0.25) is 0 Å². The van der Waals surface area contributed by atoms with Crippen molar-refractivity contribution >= 4 is 0 Å². The van der Waals surface area contributed by atoms with Crippen LogP contribution in [0, 0.1) is 13.8 Å². The Kier molecular flexibility index (Phi) is 2.02.